The Kier molecular flexibility index (Phi) is 8.08. The molecule has 0 aliphatic carbocycles. The molecular weight excluding hydrogens is 484 g/mol. The first-order valence-electron chi connectivity index (χ1n) is 9.98. The van der Waals surface area contributed by atoms with Crippen LogP contribution in [0, 0.1) is 0 Å². The molecule has 0 unspecified atom stereocenters. The van der Waals surface area contributed by atoms with Gasteiger partial charge in [0.05, 0.1) is 22.1 Å². The lowest BCUT2D eigenvalue weighted by molar-refractivity contribution is -0.131. The summed E-state index contributed by atoms with van der Waals surface area (Å²) in [7, 11) is 0. The van der Waals surface area contributed by atoms with Gasteiger partial charge in [-0.05, 0) is 60.7 Å². The maximum absolute atomic E-state index is 12.7. The van der Waals surface area contributed by atoms with Crippen molar-refractivity contribution in [3.8, 4) is 5.75 Å². The summed E-state index contributed by atoms with van der Waals surface area (Å²) in [6, 6.07) is 10.6. The Morgan fingerprint density at radius 2 is 1.82 bits per heavy atom. The molecule has 1 fully saturated rings. The molecule has 0 saturated carbocycles. The van der Waals surface area contributed by atoms with Crippen LogP contribution in [0.1, 0.15) is 29.8 Å². The molecule has 0 spiro atoms. The first kappa shape index (κ1) is 25.0. The average molecular weight is 503 g/mol. The van der Waals surface area contributed by atoms with E-state index in [0.29, 0.717) is 23.1 Å². The molecule has 1 N–H and O–H groups in total. The summed E-state index contributed by atoms with van der Waals surface area (Å²) in [5.41, 5.74) is 0.946. The normalized spacial score (nSPS) is 14.3. The third-order valence-electron chi connectivity index (χ3n) is 4.36. The lowest BCUT2D eigenvalue weighted by atomic mass is 10.2. The Bertz CT molecular complexity index is 1190. The molecule has 0 bridgehead atoms. The smallest absolute Gasteiger partial charge is 0.339 e. The topological polar surface area (TPSA) is 119 Å². The number of imide groups is 1. The first-order valence-corrected chi connectivity index (χ1v) is 11.2. The number of thioether (sulfide) groups is 1. The Balaban J connectivity index is 1.66. The minimum absolute atomic E-state index is 0.0788. The summed E-state index contributed by atoms with van der Waals surface area (Å²) in [6.45, 7) is 2.59. The number of amides is 3. The Morgan fingerprint density at radius 3 is 2.47 bits per heavy atom. The summed E-state index contributed by atoms with van der Waals surface area (Å²) < 4.78 is 9.88. The monoisotopic (exact) mass is 502 g/mol. The minimum Gasteiger partial charge on any atom is -0.462 e. The second-order valence-corrected chi connectivity index (χ2v) is 8.29. The van der Waals surface area contributed by atoms with E-state index in [9.17, 15) is 24.0 Å². The zero-order chi connectivity index (χ0) is 24.8. The number of benzene rings is 2. The number of carbonyl (C=O) groups excluding carboxylic acids is 5. The maximum Gasteiger partial charge on any atom is 0.339 e. The Labute approximate surface area is 204 Å². The highest BCUT2D eigenvalue weighted by Gasteiger charge is 2.36. The van der Waals surface area contributed by atoms with E-state index in [0.717, 1.165) is 4.90 Å². The third-order valence-corrected chi connectivity index (χ3v) is 5.60. The SMILES string of the molecule is CCOC(=O)c1cc(NC(=O)CN2C(=O)S/C(=C/c3ccc(OC(C)=O)cc3)C2=O)ccc1Cl. The lowest BCUT2D eigenvalue weighted by Crippen LogP contribution is -2.36. The fraction of sp³-hybridized carbons (Fsp3) is 0.174. The van der Waals surface area contributed by atoms with E-state index in [2.05, 4.69) is 5.32 Å². The number of hydrogen-bond acceptors (Lipinski definition) is 8. The molecule has 0 aromatic heterocycles. The van der Waals surface area contributed by atoms with Gasteiger partial charge in [-0.15, -0.1) is 0 Å². The maximum atomic E-state index is 12.7. The molecule has 9 nitrogen and oxygen atoms in total. The number of carbonyl (C=O) groups is 5. The highest BCUT2D eigenvalue weighted by molar-refractivity contribution is 8.18. The molecule has 3 amide bonds. The molecule has 3 rings (SSSR count). The van der Waals surface area contributed by atoms with E-state index in [4.69, 9.17) is 21.1 Å². The standard InChI is InChI=1S/C23H19ClN2O7S/c1-3-32-22(30)17-11-15(6-9-18(17)24)25-20(28)12-26-21(29)19(34-23(26)31)10-14-4-7-16(8-5-14)33-13(2)27/h4-11H,3,12H2,1-2H3,(H,25,28)/b19-10+. The molecule has 0 radical (unpaired) electrons. The number of halogens is 1. The van der Waals surface area contributed by atoms with Crippen molar-refractivity contribution in [2.75, 3.05) is 18.5 Å². The van der Waals surface area contributed by atoms with Crippen molar-refractivity contribution in [2.24, 2.45) is 0 Å². The second-order valence-electron chi connectivity index (χ2n) is 6.89. The van der Waals surface area contributed by atoms with Crippen LogP contribution >= 0.6 is 23.4 Å². The van der Waals surface area contributed by atoms with E-state index in [-0.39, 0.29) is 27.8 Å². The van der Waals surface area contributed by atoms with E-state index < -0.39 is 35.5 Å². The molecule has 1 aliphatic rings. The summed E-state index contributed by atoms with van der Waals surface area (Å²) in [4.78, 5) is 61.4. The number of anilines is 1. The van der Waals surface area contributed by atoms with Crippen LogP contribution in [0.5, 0.6) is 5.75 Å². The fourth-order valence-corrected chi connectivity index (χ4v) is 3.93. The Hall–Kier alpha value is -3.63. The predicted molar refractivity (Wildman–Crippen MR) is 126 cm³/mol. The van der Waals surface area contributed by atoms with Crippen LogP contribution < -0.4 is 10.1 Å². The van der Waals surface area contributed by atoms with Gasteiger partial charge in [0.15, 0.2) is 0 Å². The molecule has 1 heterocycles. The summed E-state index contributed by atoms with van der Waals surface area (Å²) in [6.07, 6.45) is 1.51. The van der Waals surface area contributed by atoms with Crippen LogP contribution in [0.15, 0.2) is 47.4 Å². The van der Waals surface area contributed by atoms with Gasteiger partial charge < -0.3 is 14.8 Å². The number of rotatable bonds is 7. The highest BCUT2D eigenvalue weighted by Crippen LogP contribution is 2.32. The Morgan fingerprint density at radius 1 is 1.12 bits per heavy atom. The molecule has 34 heavy (non-hydrogen) atoms. The first-order chi connectivity index (χ1) is 16.2. The predicted octanol–water partition coefficient (Wildman–Crippen LogP) is 4.12. The van der Waals surface area contributed by atoms with Gasteiger partial charge in [0.1, 0.15) is 12.3 Å². The van der Waals surface area contributed by atoms with Crippen LogP contribution in [0.2, 0.25) is 5.02 Å². The van der Waals surface area contributed by atoms with E-state index >= 15 is 0 Å². The summed E-state index contributed by atoms with van der Waals surface area (Å²) in [5, 5.41) is 2.11. The van der Waals surface area contributed by atoms with Crippen molar-refractivity contribution in [1.82, 2.24) is 4.90 Å². The van der Waals surface area contributed by atoms with Crippen LogP contribution in [0.3, 0.4) is 0 Å². The van der Waals surface area contributed by atoms with Gasteiger partial charge in [0.25, 0.3) is 11.1 Å². The van der Waals surface area contributed by atoms with Gasteiger partial charge in [0.2, 0.25) is 5.91 Å². The average Bonchev–Trinajstić information content (AvgIpc) is 3.03. The molecular formula is C23H19ClN2O7S. The van der Waals surface area contributed by atoms with Crippen molar-refractivity contribution >= 4 is 64.1 Å². The van der Waals surface area contributed by atoms with Gasteiger partial charge >= 0.3 is 11.9 Å². The number of esters is 2. The van der Waals surface area contributed by atoms with Gasteiger partial charge in [-0.25, -0.2) is 4.79 Å². The van der Waals surface area contributed by atoms with E-state index in [1.807, 2.05) is 0 Å². The number of nitrogens with one attached hydrogen (secondary N) is 1. The van der Waals surface area contributed by atoms with Gasteiger partial charge in [-0.2, -0.15) is 0 Å². The zero-order valence-corrected chi connectivity index (χ0v) is 19.7. The van der Waals surface area contributed by atoms with Crippen molar-refractivity contribution in [3.63, 3.8) is 0 Å². The molecule has 1 aliphatic heterocycles. The second kappa shape index (κ2) is 11.0. The van der Waals surface area contributed by atoms with Crippen LogP contribution in [0.25, 0.3) is 6.08 Å². The van der Waals surface area contributed by atoms with Crippen molar-refractivity contribution < 1.29 is 33.4 Å². The number of nitrogens with zero attached hydrogens (tertiary/aromatic N) is 1. The summed E-state index contributed by atoms with van der Waals surface area (Å²) in [5.74, 6) is -1.99. The van der Waals surface area contributed by atoms with Crippen molar-refractivity contribution in [2.45, 2.75) is 13.8 Å². The van der Waals surface area contributed by atoms with Crippen molar-refractivity contribution in [1.29, 1.82) is 0 Å². The van der Waals surface area contributed by atoms with E-state index in [1.165, 1.54) is 31.2 Å². The molecule has 1 saturated heterocycles. The zero-order valence-electron chi connectivity index (χ0n) is 18.1. The van der Waals surface area contributed by atoms with Crippen LogP contribution in [-0.4, -0.2) is 47.0 Å². The number of ether oxygens (including phenoxy) is 2. The largest absolute Gasteiger partial charge is 0.462 e. The van der Waals surface area contributed by atoms with Crippen LogP contribution in [-0.2, 0) is 19.1 Å². The minimum atomic E-state index is -0.638. The lowest BCUT2D eigenvalue weighted by Gasteiger charge is -2.13. The third kappa shape index (κ3) is 6.24. The molecule has 2 aromatic carbocycles. The molecule has 11 heteroatoms. The van der Waals surface area contributed by atoms with Gasteiger partial charge in [0, 0.05) is 12.6 Å². The van der Waals surface area contributed by atoms with Gasteiger partial charge in [-0.3, -0.25) is 24.1 Å². The van der Waals surface area contributed by atoms with Crippen molar-refractivity contribution in [3.05, 3.63) is 63.5 Å². The van der Waals surface area contributed by atoms with E-state index in [1.54, 1.807) is 31.2 Å². The fourth-order valence-electron chi connectivity index (χ4n) is 2.90. The van der Waals surface area contributed by atoms with Crippen LogP contribution in [0.4, 0.5) is 10.5 Å². The quantitative estimate of drug-likeness (QED) is 0.341. The van der Waals surface area contributed by atoms with Gasteiger partial charge in [-0.1, -0.05) is 23.7 Å². The summed E-state index contributed by atoms with van der Waals surface area (Å²) >= 11 is 6.72. The molecule has 176 valence electrons. The molecule has 0 atom stereocenters. The molecule has 2 aromatic rings. The number of hydrogen-bond donors (Lipinski definition) is 1. The highest BCUT2D eigenvalue weighted by atomic mass is 35.5.